The molecular formula is C5H6Cl2N2O. The third-order valence-corrected chi connectivity index (χ3v) is 1.01. The Kier molecular flexibility index (Phi) is 4.27. The summed E-state index contributed by atoms with van der Waals surface area (Å²) in [5, 5.41) is 8.94. The SMILES string of the molecule is Cl.OCc1ncc(Cl)cn1. The van der Waals surface area contributed by atoms with Crippen molar-refractivity contribution in [2.45, 2.75) is 6.61 Å². The van der Waals surface area contributed by atoms with Crippen molar-refractivity contribution in [2.75, 3.05) is 0 Å². The first-order chi connectivity index (χ1) is 4.33. The number of aliphatic hydroxyl groups is 1. The minimum absolute atomic E-state index is 0. The Bertz CT molecular complexity index is 189. The number of hydrogen-bond donors (Lipinski definition) is 1. The number of hydrogen-bond acceptors (Lipinski definition) is 3. The average Bonchev–Trinajstić information content (AvgIpc) is 1.90. The Labute approximate surface area is 69.5 Å². The molecule has 0 saturated heterocycles. The molecule has 0 atom stereocenters. The van der Waals surface area contributed by atoms with Crippen LogP contribution in [0.3, 0.4) is 0 Å². The molecule has 0 bridgehead atoms. The van der Waals surface area contributed by atoms with Gasteiger partial charge in [0.05, 0.1) is 5.02 Å². The van der Waals surface area contributed by atoms with Gasteiger partial charge in [-0.3, -0.25) is 0 Å². The van der Waals surface area contributed by atoms with Crippen LogP contribution in [0.1, 0.15) is 5.82 Å². The molecular weight excluding hydrogens is 175 g/mol. The van der Waals surface area contributed by atoms with Gasteiger partial charge in [0.15, 0.2) is 5.82 Å². The van der Waals surface area contributed by atoms with Crippen LogP contribution in [0, 0.1) is 0 Å². The Morgan fingerprint density at radius 2 is 1.90 bits per heavy atom. The average molecular weight is 181 g/mol. The molecule has 1 heterocycles. The molecule has 5 heteroatoms. The van der Waals surface area contributed by atoms with E-state index in [9.17, 15) is 0 Å². The zero-order valence-electron chi connectivity index (χ0n) is 4.99. The molecule has 1 aromatic heterocycles. The van der Waals surface area contributed by atoms with Crippen LogP contribution < -0.4 is 0 Å². The van der Waals surface area contributed by atoms with Crippen LogP contribution in [0.25, 0.3) is 0 Å². The first kappa shape index (κ1) is 9.62. The van der Waals surface area contributed by atoms with Gasteiger partial charge in [-0.1, -0.05) is 11.6 Å². The fraction of sp³-hybridized carbons (Fsp3) is 0.200. The molecule has 1 N–H and O–H groups in total. The second kappa shape index (κ2) is 4.44. The number of aromatic nitrogens is 2. The van der Waals surface area contributed by atoms with Crippen molar-refractivity contribution in [3.8, 4) is 0 Å². The van der Waals surface area contributed by atoms with Crippen molar-refractivity contribution >= 4 is 24.0 Å². The lowest BCUT2D eigenvalue weighted by Gasteiger charge is -1.90. The third kappa shape index (κ3) is 2.47. The van der Waals surface area contributed by atoms with Crippen molar-refractivity contribution < 1.29 is 5.11 Å². The molecule has 1 aromatic rings. The molecule has 3 nitrogen and oxygen atoms in total. The van der Waals surface area contributed by atoms with Gasteiger partial charge < -0.3 is 5.11 Å². The molecule has 0 aliphatic heterocycles. The van der Waals surface area contributed by atoms with Crippen LogP contribution in [-0.4, -0.2) is 15.1 Å². The Morgan fingerprint density at radius 1 is 1.40 bits per heavy atom. The zero-order chi connectivity index (χ0) is 6.69. The van der Waals surface area contributed by atoms with E-state index in [1.807, 2.05) is 0 Å². The molecule has 0 unspecified atom stereocenters. The maximum absolute atomic E-state index is 8.46. The summed E-state index contributed by atoms with van der Waals surface area (Å²) < 4.78 is 0. The van der Waals surface area contributed by atoms with E-state index in [1.54, 1.807) is 0 Å². The largest absolute Gasteiger partial charge is 0.388 e. The van der Waals surface area contributed by atoms with Gasteiger partial charge in [0.2, 0.25) is 0 Å². The zero-order valence-corrected chi connectivity index (χ0v) is 6.56. The highest BCUT2D eigenvalue weighted by Gasteiger charge is 1.90. The van der Waals surface area contributed by atoms with Gasteiger partial charge in [-0.15, -0.1) is 12.4 Å². The van der Waals surface area contributed by atoms with Gasteiger partial charge in [0.1, 0.15) is 6.61 Å². The molecule has 0 aliphatic carbocycles. The number of aliphatic hydroxyl groups excluding tert-OH is 1. The van der Waals surface area contributed by atoms with E-state index in [2.05, 4.69) is 9.97 Å². The molecule has 10 heavy (non-hydrogen) atoms. The van der Waals surface area contributed by atoms with Crippen LogP contribution >= 0.6 is 24.0 Å². The van der Waals surface area contributed by atoms with Crippen LogP contribution in [-0.2, 0) is 6.61 Å². The molecule has 0 aromatic carbocycles. The van der Waals surface area contributed by atoms with Gasteiger partial charge in [0.25, 0.3) is 0 Å². The van der Waals surface area contributed by atoms with E-state index in [-0.39, 0.29) is 19.0 Å². The predicted octanol–water partition coefficient (Wildman–Crippen LogP) is 1.04. The van der Waals surface area contributed by atoms with Crippen LogP contribution in [0.15, 0.2) is 12.4 Å². The summed E-state index contributed by atoms with van der Waals surface area (Å²) in [5.41, 5.74) is 0. The molecule has 0 spiro atoms. The van der Waals surface area contributed by atoms with Crippen LogP contribution in [0.5, 0.6) is 0 Å². The summed E-state index contributed by atoms with van der Waals surface area (Å²) in [7, 11) is 0. The Hall–Kier alpha value is -0.380. The van der Waals surface area contributed by atoms with Crippen molar-refractivity contribution in [2.24, 2.45) is 0 Å². The first-order valence-electron chi connectivity index (χ1n) is 2.40. The van der Waals surface area contributed by atoms with E-state index in [4.69, 9.17) is 16.7 Å². The minimum atomic E-state index is -0.142. The summed E-state index contributed by atoms with van der Waals surface area (Å²) in [6, 6.07) is 0. The predicted molar refractivity (Wildman–Crippen MR) is 40.2 cm³/mol. The third-order valence-electron chi connectivity index (χ3n) is 0.815. The fourth-order valence-electron chi connectivity index (χ4n) is 0.421. The lowest BCUT2D eigenvalue weighted by atomic mass is 10.6. The monoisotopic (exact) mass is 180 g/mol. The second-order valence-corrected chi connectivity index (χ2v) is 1.91. The summed E-state index contributed by atoms with van der Waals surface area (Å²) in [5.74, 6) is 0.388. The quantitative estimate of drug-likeness (QED) is 0.703. The highest BCUT2D eigenvalue weighted by Crippen LogP contribution is 2.01. The molecule has 56 valence electrons. The molecule has 0 saturated carbocycles. The molecule has 0 amide bonds. The topological polar surface area (TPSA) is 46.0 Å². The normalized spacial score (nSPS) is 8.60. The molecule has 0 radical (unpaired) electrons. The maximum atomic E-state index is 8.46. The molecule has 0 aliphatic rings. The summed E-state index contributed by atoms with van der Waals surface area (Å²) in [4.78, 5) is 7.41. The summed E-state index contributed by atoms with van der Waals surface area (Å²) in [6.07, 6.45) is 2.89. The van der Waals surface area contributed by atoms with Crippen LogP contribution in [0.4, 0.5) is 0 Å². The first-order valence-corrected chi connectivity index (χ1v) is 2.78. The van der Waals surface area contributed by atoms with Gasteiger partial charge in [-0.25, -0.2) is 9.97 Å². The Morgan fingerprint density at radius 3 is 2.30 bits per heavy atom. The van der Waals surface area contributed by atoms with E-state index in [1.165, 1.54) is 12.4 Å². The highest BCUT2D eigenvalue weighted by atomic mass is 35.5. The highest BCUT2D eigenvalue weighted by molar-refractivity contribution is 6.30. The van der Waals surface area contributed by atoms with Crippen molar-refractivity contribution in [1.29, 1.82) is 0 Å². The van der Waals surface area contributed by atoms with E-state index >= 15 is 0 Å². The lowest BCUT2D eigenvalue weighted by Crippen LogP contribution is -1.91. The van der Waals surface area contributed by atoms with E-state index in [0.717, 1.165) is 0 Å². The Balaban J connectivity index is 0.000000810. The fourth-order valence-corrected chi connectivity index (χ4v) is 0.518. The standard InChI is InChI=1S/C5H5ClN2O.ClH/c6-4-1-7-5(3-9)8-2-4;/h1-2,9H,3H2;1H. The second-order valence-electron chi connectivity index (χ2n) is 1.48. The van der Waals surface area contributed by atoms with Gasteiger partial charge >= 0.3 is 0 Å². The number of rotatable bonds is 1. The van der Waals surface area contributed by atoms with E-state index in [0.29, 0.717) is 10.8 Å². The van der Waals surface area contributed by atoms with E-state index < -0.39 is 0 Å². The smallest absolute Gasteiger partial charge is 0.153 e. The summed E-state index contributed by atoms with van der Waals surface area (Å²) >= 11 is 5.46. The van der Waals surface area contributed by atoms with Crippen molar-refractivity contribution in [3.63, 3.8) is 0 Å². The summed E-state index contributed by atoms with van der Waals surface area (Å²) in [6.45, 7) is -0.142. The van der Waals surface area contributed by atoms with Crippen LogP contribution in [0.2, 0.25) is 5.02 Å². The lowest BCUT2D eigenvalue weighted by molar-refractivity contribution is 0.271. The van der Waals surface area contributed by atoms with Gasteiger partial charge in [-0.05, 0) is 0 Å². The van der Waals surface area contributed by atoms with Crippen molar-refractivity contribution in [3.05, 3.63) is 23.2 Å². The van der Waals surface area contributed by atoms with Gasteiger partial charge in [0, 0.05) is 12.4 Å². The number of halogens is 2. The van der Waals surface area contributed by atoms with Crippen molar-refractivity contribution in [1.82, 2.24) is 9.97 Å². The molecule has 0 fully saturated rings. The number of nitrogens with zero attached hydrogens (tertiary/aromatic N) is 2. The maximum Gasteiger partial charge on any atom is 0.153 e. The van der Waals surface area contributed by atoms with Gasteiger partial charge in [-0.2, -0.15) is 0 Å². The molecule has 1 rings (SSSR count). The minimum Gasteiger partial charge on any atom is -0.388 e.